The fourth-order valence-electron chi connectivity index (χ4n) is 3.38. The highest BCUT2D eigenvalue weighted by Gasteiger charge is 2.28. The van der Waals surface area contributed by atoms with Crippen molar-refractivity contribution in [3.63, 3.8) is 0 Å². The number of fused-ring (bicyclic) bond motifs is 3. The predicted molar refractivity (Wildman–Crippen MR) is 110 cm³/mol. The van der Waals surface area contributed by atoms with E-state index >= 15 is 0 Å². The normalized spacial score (nSPS) is 12.3. The van der Waals surface area contributed by atoms with Crippen molar-refractivity contribution in [2.45, 2.75) is 18.8 Å². The average Bonchev–Trinajstić information content (AvgIpc) is 3.07. The number of benzene rings is 2. The molecule has 2 N–H and O–H groups in total. The van der Waals surface area contributed by atoms with Gasteiger partial charge in [0.15, 0.2) is 0 Å². The van der Waals surface area contributed by atoms with Crippen LogP contribution in [0.25, 0.3) is 11.1 Å². The molecule has 0 bridgehead atoms. The number of aliphatic carboxylic acids is 1. The number of amides is 1. The number of alkyl carbamates (subject to hydrolysis) is 1. The topological polar surface area (TPSA) is 102 Å². The van der Waals surface area contributed by atoms with Crippen molar-refractivity contribution in [3.8, 4) is 11.1 Å². The minimum absolute atomic E-state index is 0.0187. The number of nitrogens with one attached hydrogen (secondary N) is 1. The van der Waals surface area contributed by atoms with Crippen LogP contribution < -0.4 is 5.32 Å². The first-order valence-corrected chi connectivity index (χ1v) is 9.67. The molecule has 0 spiro atoms. The van der Waals surface area contributed by atoms with Crippen LogP contribution in [0.5, 0.6) is 0 Å². The third-order valence-corrected chi connectivity index (χ3v) is 4.75. The van der Waals surface area contributed by atoms with Gasteiger partial charge >= 0.3 is 18.0 Å². The lowest BCUT2D eigenvalue weighted by Gasteiger charge is -2.14. The van der Waals surface area contributed by atoms with Crippen molar-refractivity contribution in [1.29, 1.82) is 0 Å². The van der Waals surface area contributed by atoms with Gasteiger partial charge in [-0.25, -0.2) is 4.79 Å². The van der Waals surface area contributed by atoms with Crippen LogP contribution in [0.3, 0.4) is 0 Å². The van der Waals surface area contributed by atoms with Gasteiger partial charge in [-0.15, -0.1) is 0 Å². The Hall–Kier alpha value is -3.61. The summed E-state index contributed by atoms with van der Waals surface area (Å²) in [4.78, 5) is 34.0. The second-order valence-corrected chi connectivity index (χ2v) is 6.77. The Morgan fingerprint density at radius 2 is 1.57 bits per heavy atom. The maximum Gasteiger partial charge on any atom is 0.407 e. The Kier molecular flexibility index (Phi) is 7.21. The number of carboxylic acid groups (broad SMARTS) is 1. The van der Waals surface area contributed by atoms with Crippen LogP contribution in [0.4, 0.5) is 4.79 Å². The molecule has 0 unspecified atom stereocenters. The highest BCUT2D eigenvalue weighted by atomic mass is 16.6. The van der Waals surface area contributed by atoms with Gasteiger partial charge in [-0.05, 0) is 28.7 Å². The summed E-state index contributed by atoms with van der Waals surface area (Å²) in [6.07, 6.45) is 2.89. The molecule has 1 amide bonds. The molecule has 3 rings (SSSR count). The molecule has 0 saturated carbocycles. The lowest BCUT2D eigenvalue weighted by molar-refractivity contribution is -0.141. The standard InChI is InChI=1S/C23H23NO6/c25-21(26)12-2-1-7-13-29-22(27)14-24-23(28)30-15-20-18-10-5-3-8-16(18)17-9-4-6-11-19(17)20/h1,3-11,20H,2,12-15H2,(H,24,28)(H,25,26)/b7-1+. The smallest absolute Gasteiger partial charge is 0.407 e. The summed E-state index contributed by atoms with van der Waals surface area (Å²) in [5.74, 6) is -1.54. The lowest BCUT2D eigenvalue weighted by atomic mass is 9.98. The van der Waals surface area contributed by atoms with Gasteiger partial charge in [0.2, 0.25) is 0 Å². The van der Waals surface area contributed by atoms with Crippen LogP contribution >= 0.6 is 0 Å². The lowest BCUT2D eigenvalue weighted by Crippen LogP contribution is -2.32. The molecule has 7 heteroatoms. The molecule has 30 heavy (non-hydrogen) atoms. The summed E-state index contributed by atoms with van der Waals surface area (Å²) in [6.45, 7) is -0.119. The van der Waals surface area contributed by atoms with Crippen molar-refractivity contribution < 1.29 is 29.0 Å². The maximum atomic E-state index is 12.0. The second-order valence-electron chi connectivity index (χ2n) is 6.77. The van der Waals surface area contributed by atoms with E-state index in [1.54, 1.807) is 12.2 Å². The van der Waals surface area contributed by atoms with Gasteiger partial charge in [0.25, 0.3) is 0 Å². The van der Waals surface area contributed by atoms with Gasteiger partial charge in [0, 0.05) is 12.3 Å². The fourth-order valence-corrected chi connectivity index (χ4v) is 3.38. The Labute approximate surface area is 174 Å². The predicted octanol–water partition coefficient (Wildman–Crippen LogP) is 3.49. The summed E-state index contributed by atoms with van der Waals surface area (Å²) in [5, 5.41) is 10.9. The Bertz CT molecular complexity index is 907. The number of ether oxygens (including phenoxy) is 2. The quantitative estimate of drug-likeness (QED) is 0.486. The molecule has 0 saturated heterocycles. The van der Waals surface area contributed by atoms with Crippen LogP contribution in [0, 0.1) is 0 Å². The van der Waals surface area contributed by atoms with Crippen LogP contribution in [-0.2, 0) is 19.1 Å². The molecule has 2 aromatic rings. The third-order valence-electron chi connectivity index (χ3n) is 4.75. The van der Waals surface area contributed by atoms with Crippen molar-refractivity contribution in [2.24, 2.45) is 0 Å². The summed E-state index contributed by atoms with van der Waals surface area (Å²) in [5.41, 5.74) is 4.50. The second kappa shape index (κ2) is 10.2. The van der Waals surface area contributed by atoms with Crippen molar-refractivity contribution in [3.05, 3.63) is 71.8 Å². The van der Waals surface area contributed by atoms with Crippen LogP contribution in [0.15, 0.2) is 60.7 Å². The number of carbonyl (C=O) groups is 3. The molecule has 1 aliphatic carbocycles. The number of hydrogen-bond acceptors (Lipinski definition) is 5. The molecular weight excluding hydrogens is 386 g/mol. The largest absolute Gasteiger partial charge is 0.481 e. The minimum atomic E-state index is -0.885. The summed E-state index contributed by atoms with van der Waals surface area (Å²) in [7, 11) is 0. The Morgan fingerprint density at radius 3 is 2.20 bits per heavy atom. The van der Waals surface area contributed by atoms with Gasteiger partial charge in [0.05, 0.1) is 0 Å². The van der Waals surface area contributed by atoms with E-state index in [1.807, 2.05) is 36.4 Å². The van der Waals surface area contributed by atoms with Gasteiger partial charge in [0.1, 0.15) is 19.8 Å². The molecule has 0 aromatic heterocycles. The number of rotatable bonds is 9. The molecule has 0 atom stereocenters. The average molecular weight is 409 g/mol. The minimum Gasteiger partial charge on any atom is -0.481 e. The monoisotopic (exact) mass is 409 g/mol. The first-order chi connectivity index (χ1) is 14.6. The zero-order chi connectivity index (χ0) is 21.3. The molecule has 0 radical (unpaired) electrons. The molecular formula is C23H23NO6. The molecule has 7 nitrogen and oxygen atoms in total. The van der Waals surface area contributed by atoms with Crippen molar-refractivity contribution >= 4 is 18.0 Å². The van der Waals surface area contributed by atoms with Gasteiger partial charge < -0.3 is 19.9 Å². The van der Waals surface area contributed by atoms with Gasteiger partial charge in [-0.2, -0.15) is 0 Å². The number of esters is 1. The van der Waals surface area contributed by atoms with Crippen molar-refractivity contribution in [1.82, 2.24) is 5.32 Å². The maximum absolute atomic E-state index is 12.0. The first-order valence-electron chi connectivity index (χ1n) is 9.67. The molecule has 2 aromatic carbocycles. The zero-order valence-corrected chi connectivity index (χ0v) is 16.4. The molecule has 0 fully saturated rings. The zero-order valence-electron chi connectivity index (χ0n) is 16.4. The van der Waals surface area contributed by atoms with E-state index in [1.165, 1.54) is 0 Å². The fraction of sp³-hybridized carbons (Fsp3) is 0.261. The van der Waals surface area contributed by atoms with E-state index in [0.29, 0.717) is 6.42 Å². The van der Waals surface area contributed by atoms with Crippen LogP contribution in [-0.4, -0.2) is 42.9 Å². The number of carbonyl (C=O) groups excluding carboxylic acids is 2. The Morgan fingerprint density at radius 1 is 0.933 bits per heavy atom. The van der Waals surface area contributed by atoms with E-state index in [4.69, 9.17) is 14.6 Å². The molecule has 156 valence electrons. The molecule has 0 aliphatic heterocycles. The third kappa shape index (κ3) is 5.47. The molecule has 1 aliphatic rings. The number of carboxylic acids is 1. The highest BCUT2D eigenvalue weighted by Crippen LogP contribution is 2.44. The van der Waals surface area contributed by atoms with E-state index in [-0.39, 0.29) is 32.1 Å². The van der Waals surface area contributed by atoms with E-state index in [0.717, 1.165) is 22.3 Å². The summed E-state index contributed by atoms with van der Waals surface area (Å²) < 4.78 is 10.3. The summed E-state index contributed by atoms with van der Waals surface area (Å²) in [6, 6.07) is 16.1. The summed E-state index contributed by atoms with van der Waals surface area (Å²) >= 11 is 0. The van der Waals surface area contributed by atoms with E-state index in [2.05, 4.69) is 17.4 Å². The highest BCUT2D eigenvalue weighted by molar-refractivity contribution is 5.80. The number of hydrogen-bond donors (Lipinski definition) is 2. The van der Waals surface area contributed by atoms with Crippen molar-refractivity contribution in [2.75, 3.05) is 19.8 Å². The SMILES string of the molecule is O=C(O)CC/C=C/COC(=O)CNC(=O)OCC1c2ccccc2-c2ccccc21. The van der Waals surface area contributed by atoms with E-state index < -0.39 is 18.0 Å². The van der Waals surface area contributed by atoms with Gasteiger partial charge in [-0.3, -0.25) is 9.59 Å². The number of allylic oxidation sites excluding steroid dienone is 1. The van der Waals surface area contributed by atoms with Crippen LogP contribution in [0.1, 0.15) is 29.9 Å². The molecule has 0 heterocycles. The van der Waals surface area contributed by atoms with E-state index in [9.17, 15) is 14.4 Å². The van der Waals surface area contributed by atoms with Gasteiger partial charge in [-0.1, -0.05) is 60.7 Å². The van der Waals surface area contributed by atoms with Crippen LogP contribution in [0.2, 0.25) is 0 Å². The Balaban J connectivity index is 1.42. The first kappa shape index (κ1) is 21.1.